The summed E-state index contributed by atoms with van der Waals surface area (Å²) in [5, 5.41) is 20.3. The third kappa shape index (κ3) is 5.79. The van der Waals surface area contributed by atoms with Gasteiger partial charge in [-0.25, -0.2) is 0 Å². The van der Waals surface area contributed by atoms with Crippen molar-refractivity contribution in [2.24, 2.45) is 5.92 Å². The molecule has 0 spiro atoms. The number of nitrogens with zero attached hydrogens (tertiary/aromatic N) is 1. The van der Waals surface area contributed by atoms with Gasteiger partial charge in [-0.05, 0) is 30.9 Å². The average molecular weight is 355 g/mol. The van der Waals surface area contributed by atoms with E-state index in [0.717, 1.165) is 5.06 Å². The molecule has 5 heteroatoms. The quantitative estimate of drug-likeness (QED) is 0.503. The summed E-state index contributed by atoms with van der Waals surface area (Å²) in [7, 11) is 0. The molecule has 2 aromatic rings. The molecule has 2 aromatic carbocycles. The summed E-state index contributed by atoms with van der Waals surface area (Å²) in [5.41, 5.74) is 2.33. The normalized spacial score (nSPS) is 12.3. The number of carboxylic acids is 1. The highest BCUT2D eigenvalue weighted by molar-refractivity contribution is 5.96. The lowest BCUT2D eigenvalue weighted by molar-refractivity contribution is -0.147. The van der Waals surface area contributed by atoms with Crippen molar-refractivity contribution < 1.29 is 19.9 Å². The average Bonchev–Trinajstić information content (AvgIpc) is 2.63. The van der Waals surface area contributed by atoms with Crippen LogP contribution in [-0.2, 0) is 9.59 Å². The first-order valence-corrected chi connectivity index (χ1v) is 8.76. The lowest BCUT2D eigenvalue weighted by Gasteiger charge is -2.22. The Morgan fingerprint density at radius 3 is 1.77 bits per heavy atom. The van der Waals surface area contributed by atoms with Gasteiger partial charge in [-0.3, -0.25) is 9.59 Å². The number of ketones is 1. The van der Waals surface area contributed by atoms with Gasteiger partial charge in [0.25, 0.3) is 0 Å². The maximum absolute atomic E-state index is 11.4. The second-order valence-electron chi connectivity index (χ2n) is 6.41. The standard InChI is InChI=1S/C21H25NO4/c1-16(23)19(21(24)25)12-14-22(26)15-13-20(17-8-4-2-5-9-17)18-10-6-3-7-11-18/h2-11,19-20,26H,12-15H2,1H3,(H,24,25). The van der Waals surface area contributed by atoms with Gasteiger partial charge >= 0.3 is 5.97 Å². The first-order valence-electron chi connectivity index (χ1n) is 8.76. The fourth-order valence-corrected chi connectivity index (χ4v) is 3.07. The first-order chi connectivity index (χ1) is 12.5. The Morgan fingerprint density at radius 1 is 0.885 bits per heavy atom. The van der Waals surface area contributed by atoms with E-state index in [2.05, 4.69) is 24.3 Å². The molecule has 0 aromatic heterocycles. The smallest absolute Gasteiger partial charge is 0.314 e. The van der Waals surface area contributed by atoms with Gasteiger partial charge in [-0.15, -0.1) is 0 Å². The molecule has 0 fully saturated rings. The van der Waals surface area contributed by atoms with Crippen molar-refractivity contribution >= 4 is 11.8 Å². The Morgan fingerprint density at radius 2 is 1.35 bits per heavy atom. The third-order valence-electron chi connectivity index (χ3n) is 4.54. The fraction of sp³-hybridized carbons (Fsp3) is 0.333. The SMILES string of the molecule is CC(=O)C(CCN(O)CCC(c1ccccc1)c1ccccc1)C(=O)O. The molecule has 0 aliphatic rings. The van der Waals surface area contributed by atoms with Gasteiger partial charge < -0.3 is 10.3 Å². The number of carboxylic acid groups (broad SMARTS) is 1. The number of hydrogen-bond acceptors (Lipinski definition) is 4. The van der Waals surface area contributed by atoms with Crippen LogP contribution in [0.2, 0.25) is 0 Å². The number of rotatable bonds is 10. The van der Waals surface area contributed by atoms with Crippen molar-refractivity contribution in [3.63, 3.8) is 0 Å². The van der Waals surface area contributed by atoms with Gasteiger partial charge in [0, 0.05) is 19.0 Å². The Hall–Kier alpha value is -2.50. The van der Waals surface area contributed by atoms with Crippen LogP contribution >= 0.6 is 0 Å². The number of hydrogen-bond donors (Lipinski definition) is 2. The minimum Gasteiger partial charge on any atom is -0.481 e. The van der Waals surface area contributed by atoms with Crippen LogP contribution in [0.4, 0.5) is 0 Å². The Kier molecular flexibility index (Phi) is 7.51. The molecule has 1 atom stereocenters. The van der Waals surface area contributed by atoms with E-state index in [-0.39, 0.29) is 18.9 Å². The zero-order valence-electron chi connectivity index (χ0n) is 14.9. The van der Waals surface area contributed by atoms with Gasteiger partial charge in [0.1, 0.15) is 11.7 Å². The summed E-state index contributed by atoms with van der Waals surface area (Å²) in [6, 6.07) is 20.2. The Balaban J connectivity index is 1.99. The van der Waals surface area contributed by atoms with Gasteiger partial charge in [-0.2, -0.15) is 5.06 Å². The summed E-state index contributed by atoms with van der Waals surface area (Å²) in [6.07, 6.45) is 0.783. The number of hydroxylamine groups is 2. The predicted octanol–water partition coefficient (Wildman–Crippen LogP) is 3.58. The molecule has 0 radical (unpaired) electrons. The topological polar surface area (TPSA) is 77.8 Å². The molecular formula is C21H25NO4. The molecule has 0 aliphatic carbocycles. The Labute approximate surface area is 153 Å². The van der Waals surface area contributed by atoms with E-state index < -0.39 is 17.7 Å². The molecule has 2 rings (SSSR count). The van der Waals surface area contributed by atoms with Gasteiger partial charge in [0.15, 0.2) is 0 Å². The summed E-state index contributed by atoms with van der Waals surface area (Å²) in [4.78, 5) is 22.4. The van der Waals surface area contributed by atoms with Crippen molar-refractivity contribution in [1.29, 1.82) is 0 Å². The van der Waals surface area contributed by atoms with Crippen molar-refractivity contribution in [1.82, 2.24) is 5.06 Å². The molecule has 0 saturated heterocycles. The monoisotopic (exact) mass is 355 g/mol. The number of Topliss-reactive ketones (excluding diaryl/α,β-unsaturated/α-hetero) is 1. The highest BCUT2D eigenvalue weighted by atomic mass is 16.5. The molecule has 0 amide bonds. The largest absolute Gasteiger partial charge is 0.481 e. The lowest BCUT2D eigenvalue weighted by Crippen LogP contribution is -2.29. The van der Waals surface area contributed by atoms with Crippen LogP contribution in [0, 0.1) is 5.92 Å². The molecular weight excluding hydrogens is 330 g/mol. The molecule has 138 valence electrons. The van der Waals surface area contributed by atoms with E-state index in [0.29, 0.717) is 13.0 Å². The molecule has 0 heterocycles. The number of carbonyl (C=O) groups is 2. The zero-order valence-corrected chi connectivity index (χ0v) is 14.9. The zero-order chi connectivity index (χ0) is 18.9. The van der Waals surface area contributed by atoms with E-state index >= 15 is 0 Å². The van der Waals surface area contributed by atoms with Crippen molar-refractivity contribution in [2.45, 2.75) is 25.7 Å². The summed E-state index contributed by atoms with van der Waals surface area (Å²) >= 11 is 0. The van der Waals surface area contributed by atoms with E-state index in [4.69, 9.17) is 5.11 Å². The van der Waals surface area contributed by atoms with Crippen LogP contribution in [-0.4, -0.2) is 40.2 Å². The predicted molar refractivity (Wildman–Crippen MR) is 99.1 cm³/mol. The molecule has 0 bridgehead atoms. The maximum atomic E-state index is 11.4. The molecule has 26 heavy (non-hydrogen) atoms. The van der Waals surface area contributed by atoms with E-state index in [1.165, 1.54) is 18.1 Å². The molecule has 2 N–H and O–H groups in total. The number of aliphatic carboxylic acids is 1. The Bertz CT molecular complexity index is 649. The lowest BCUT2D eigenvalue weighted by atomic mass is 9.88. The molecule has 0 saturated carbocycles. The highest BCUT2D eigenvalue weighted by Gasteiger charge is 2.23. The first kappa shape index (κ1) is 19.8. The second kappa shape index (κ2) is 9.85. The minimum absolute atomic E-state index is 0.0997. The van der Waals surface area contributed by atoms with Gasteiger partial charge in [-0.1, -0.05) is 60.7 Å². The number of benzene rings is 2. The van der Waals surface area contributed by atoms with Crippen molar-refractivity contribution in [2.75, 3.05) is 13.1 Å². The van der Waals surface area contributed by atoms with Crippen LogP contribution in [0.3, 0.4) is 0 Å². The second-order valence-corrected chi connectivity index (χ2v) is 6.41. The van der Waals surface area contributed by atoms with Crippen LogP contribution in [0.15, 0.2) is 60.7 Å². The van der Waals surface area contributed by atoms with Gasteiger partial charge in [0.2, 0.25) is 0 Å². The van der Waals surface area contributed by atoms with Gasteiger partial charge in [0.05, 0.1) is 0 Å². The summed E-state index contributed by atoms with van der Waals surface area (Å²) in [5.74, 6) is -2.46. The van der Waals surface area contributed by atoms with Crippen molar-refractivity contribution in [3.05, 3.63) is 71.8 Å². The molecule has 0 aliphatic heterocycles. The van der Waals surface area contributed by atoms with E-state index in [1.807, 2.05) is 36.4 Å². The van der Waals surface area contributed by atoms with E-state index in [1.54, 1.807) is 0 Å². The minimum atomic E-state index is -1.14. The fourth-order valence-electron chi connectivity index (χ4n) is 3.07. The van der Waals surface area contributed by atoms with Crippen LogP contribution in [0.1, 0.15) is 36.8 Å². The van der Waals surface area contributed by atoms with Crippen LogP contribution in [0.25, 0.3) is 0 Å². The maximum Gasteiger partial charge on any atom is 0.314 e. The van der Waals surface area contributed by atoms with Crippen LogP contribution < -0.4 is 0 Å². The van der Waals surface area contributed by atoms with Crippen molar-refractivity contribution in [3.8, 4) is 0 Å². The van der Waals surface area contributed by atoms with E-state index in [9.17, 15) is 14.8 Å². The molecule has 5 nitrogen and oxygen atoms in total. The highest BCUT2D eigenvalue weighted by Crippen LogP contribution is 2.28. The molecule has 1 unspecified atom stereocenters. The summed E-state index contributed by atoms with van der Waals surface area (Å²) < 4.78 is 0. The summed E-state index contributed by atoms with van der Waals surface area (Å²) in [6.45, 7) is 1.80. The third-order valence-corrected chi connectivity index (χ3v) is 4.54. The number of carbonyl (C=O) groups excluding carboxylic acids is 1. The van der Waals surface area contributed by atoms with Crippen LogP contribution in [0.5, 0.6) is 0 Å².